The molecular formula is C54H34N2. The number of benzene rings is 10. The second-order valence-electron chi connectivity index (χ2n) is 14.9. The van der Waals surface area contributed by atoms with E-state index < -0.39 is 0 Å². The highest BCUT2D eigenvalue weighted by Crippen LogP contribution is 2.44. The van der Waals surface area contributed by atoms with Gasteiger partial charge in [0.2, 0.25) is 0 Å². The zero-order valence-corrected chi connectivity index (χ0v) is 30.5. The van der Waals surface area contributed by atoms with Gasteiger partial charge in [-0.3, -0.25) is 0 Å². The van der Waals surface area contributed by atoms with E-state index in [2.05, 4.69) is 215 Å². The first-order valence-corrected chi connectivity index (χ1v) is 19.4. The molecule has 0 aliphatic rings. The van der Waals surface area contributed by atoms with Crippen LogP contribution in [0.15, 0.2) is 206 Å². The average Bonchev–Trinajstić information content (AvgIpc) is 3.79. The van der Waals surface area contributed by atoms with Crippen molar-refractivity contribution in [2.24, 2.45) is 0 Å². The summed E-state index contributed by atoms with van der Waals surface area (Å²) in [4.78, 5) is 0. The van der Waals surface area contributed by atoms with Gasteiger partial charge in [-0.1, -0.05) is 152 Å². The van der Waals surface area contributed by atoms with Gasteiger partial charge in [0.25, 0.3) is 0 Å². The van der Waals surface area contributed by atoms with Crippen molar-refractivity contribution in [2.45, 2.75) is 0 Å². The Hall–Kier alpha value is -7.42. The third-order valence-corrected chi connectivity index (χ3v) is 11.9. The van der Waals surface area contributed by atoms with Gasteiger partial charge in [0, 0.05) is 32.9 Å². The van der Waals surface area contributed by atoms with Crippen LogP contribution in [0.1, 0.15) is 0 Å². The van der Waals surface area contributed by atoms with Gasteiger partial charge < -0.3 is 9.13 Å². The van der Waals surface area contributed by atoms with E-state index in [-0.39, 0.29) is 0 Å². The largest absolute Gasteiger partial charge is 0.309 e. The fourth-order valence-electron chi connectivity index (χ4n) is 9.43. The molecule has 0 amide bonds. The molecule has 0 atom stereocenters. The lowest BCUT2D eigenvalue weighted by Gasteiger charge is -2.18. The first-order valence-electron chi connectivity index (χ1n) is 19.4. The van der Waals surface area contributed by atoms with Gasteiger partial charge >= 0.3 is 0 Å². The van der Waals surface area contributed by atoms with E-state index in [1.807, 2.05) is 0 Å². The van der Waals surface area contributed by atoms with E-state index in [4.69, 9.17) is 0 Å². The highest BCUT2D eigenvalue weighted by molar-refractivity contribution is 6.29. The molecule has 260 valence electrons. The molecule has 0 saturated carbocycles. The summed E-state index contributed by atoms with van der Waals surface area (Å²) in [5, 5.41) is 12.6. The summed E-state index contributed by atoms with van der Waals surface area (Å²) in [6.07, 6.45) is 0. The molecule has 0 bridgehead atoms. The van der Waals surface area contributed by atoms with Gasteiger partial charge in [-0.25, -0.2) is 0 Å². The monoisotopic (exact) mass is 710 g/mol. The van der Waals surface area contributed by atoms with E-state index in [9.17, 15) is 0 Å². The Kier molecular flexibility index (Phi) is 6.66. The second kappa shape index (κ2) is 12.0. The van der Waals surface area contributed by atoms with Gasteiger partial charge in [0.15, 0.2) is 0 Å². The highest BCUT2D eigenvalue weighted by atomic mass is 15.0. The predicted octanol–water partition coefficient (Wildman–Crippen LogP) is 14.7. The summed E-state index contributed by atoms with van der Waals surface area (Å²) >= 11 is 0. The van der Waals surface area contributed by atoms with Crippen molar-refractivity contribution >= 4 is 75.9 Å². The van der Waals surface area contributed by atoms with Crippen LogP contribution >= 0.6 is 0 Å². The molecule has 0 radical (unpaired) electrons. The number of nitrogens with zero attached hydrogens (tertiary/aromatic N) is 2. The fourth-order valence-corrected chi connectivity index (χ4v) is 9.43. The van der Waals surface area contributed by atoms with Crippen LogP contribution in [0.2, 0.25) is 0 Å². The lowest BCUT2D eigenvalue weighted by Crippen LogP contribution is -1.97. The second-order valence-corrected chi connectivity index (χ2v) is 14.9. The van der Waals surface area contributed by atoms with Crippen molar-refractivity contribution in [3.63, 3.8) is 0 Å². The summed E-state index contributed by atoms with van der Waals surface area (Å²) in [5.41, 5.74) is 12.0. The molecule has 10 aromatic carbocycles. The van der Waals surface area contributed by atoms with E-state index >= 15 is 0 Å². The molecule has 0 fully saturated rings. The first kappa shape index (κ1) is 31.0. The molecule has 56 heavy (non-hydrogen) atoms. The zero-order valence-electron chi connectivity index (χ0n) is 30.5. The lowest BCUT2D eigenvalue weighted by atomic mass is 9.88. The molecule has 0 unspecified atom stereocenters. The number of para-hydroxylation sites is 3. The molecule has 2 nitrogen and oxygen atoms in total. The van der Waals surface area contributed by atoms with Crippen molar-refractivity contribution in [3.8, 4) is 33.6 Å². The van der Waals surface area contributed by atoms with E-state index in [1.54, 1.807) is 0 Å². The summed E-state index contributed by atoms with van der Waals surface area (Å²) < 4.78 is 4.87. The van der Waals surface area contributed by atoms with Gasteiger partial charge in [-0.2, -0.15) is 0 Å². The minimum atomic E-state index is 1.15. The maximum absolute atomic E-state index is 2.46. The Morgan fingerprint density at radius 1 is 0.232 bits per heavy atom. The van der Waals surface area contributed by atoms with Gasteiger partial charge in [0.1, 0.15) is 0 Å². The SMILES string of the molecule is c1ccc(-c2ccc(-n3c4ccccc4c4cc(-c5cc(-n6c7ccccc7c7ccccc76)cc6c7ccccc7c7ccccc7c56)ccc43)cc2)cc1. The van der Waals surface area contributed by atoms with Gasteiger partial charge in [-0.15, -0.1) is 0 Å². The van der Waals surface area contributed by atoms with Crippen molar-refractivity contribution < 1.29 is 0 Å². The third-order valence-electron chi connectivity index (χ3n) is 11.9. The smallest absolute Gasteiger partial charge is 0.0541 e. The number of rotatable bonds is 4. The van der Waals surface area contributed by atoms with Crippen LogP contribution < -0.4 is 0 Å². The molecule has 0 saturated heterocycles. The predicted molar refractivity (Wildman–Crippen MR) is 239 cm³/mol. The molecule has 0 aliphatic carbocycles. The van der Waals surface area contributed by atoms with E-state index in [1.165, 1.54) is 98.2 Å². The summed E-state index contributed by atoms with van der Waals surface area (Å²) in [5.74, 6) is 0. The van der Waals surface area contributed by atoms with Gasteiger partial charge in [0.05, 0.1) is 22.1 Å². The van der Waals surface area contributed by atoms with E-state index in [0.29, 0.717) is 0 Å². The number of hydrogen-bond acceptors (Lipinski definition) is 0. The number of hydrogen-bond donors (Lipinski definition) is 0. The average molecular weight is 711 g/mol. The van der Waals surface area contributed by atoms with Crippen molar-refractivity contribution in [3.05, 3.63) is 206 Å². The van der Waals surface area contributed by atoms with E-state index in [0.717, 1.165) is 11.4 Å². The van der Waals surface area contributed by atoms with Crippen LogP contribution in [0.5, 0.6) is 0 Å². The standard InChI is InChI=1S/C54H34N2/c1-2-14-35(15-3-1)36-26-29-38(30-27-36)55-52-25-13-10-21-45(52)48-32-37(28-31-53(48)55)47-33-39(56-50-23-11-8-19-43(50)44-20-9-12-24-51(44)56)34-49-42-18-5-4-16-40(42)41-17-6-7-22-46(41)54(47)49/h1-34H. The minimum absolute atomic E-state index is 1.15. The molecule has 12 aromatic rings. The topological polar surface area (TPSA) is 9.86 Å². The van der Waals surface area contributed by atoms with Crippen LogP contribution in [-0.2, 0) is 0 Å². The first-order chi connectivity index (χ1) is 27.8. The highest BCUT2D eigenvalue weighted by Gasteiger charge is 2.20. The minimum Gasteiger partial charge on any atom is -0.309 e. The maximum atomic E-state index is 2.46. The quantitative estimate of drug-likeness (QED) is 0.161. The third kappa shape index (κ3) is 4.50. The molecule has 2 heterocycles. The molecule has 0 N–H and O–H groups in total. The Balaban J connectivity index is 1.16. The fraction of sp³-hybridized carbons (Fsp3) is 0. The molecule has 0 aliphatic heterocycles. The van der Waals surface area contributed by atoms with Crippen molar-refractivity contribution in [1.82, 2.24) is 9.13 Å². The molecule has 0 spiro atoms. The molecular weight excluding hydrogens is 677 g/mol. The van der Waals surface area contributed by atoms with Crippen molar-refractivity contribution in [1.29, 1.82) is 0 Å². The Bertz CT molecular complexity index is 3460. The maximum Gasteiger partial charge on any atom is 0.0541 e. The molecule has 2 heteroatoms. The zero-order chi connectivity index (χ0) is 36.7. The van der Waals surface area contributed by atoms with Crippen LogP contribution in [0.3, 0.4) is 0 Å². The van der Waals surface area contributed by atoms with Crippen LogP contribution in [0.4, 0.5) is 0 Å². The normalized spacial score (nSPS) is 11.9. The van der Waals surface area contributed by atoms with Crippen LogP contribution in [-0.4, -0.2) is 9.13 Å². The number of aromatic nitrogens is 2. The number of fused-ring (bicyclic) bond motifs is 12. The molecule has 12 rings (SSSR count). The summed E-state index contributed by atoms with van der Waals surface area (Å²) in [6.45, 7) is 0. The Labute approximate surface area is 323 Å². The Morgan fingerprint density at radius 2 is 0.661 bits per heavy atom. The van der Waals surface area contributed by atoms with Gasteiger partial charge in [-0.05, 0) is 109 Å². The molecule has 2 aromatic heterocycles. The summed E-state index contributed by atoms with van der Waals surface area (Å²) in [7, 11) is 0. The van der Waals surface area contributed by atoms with Crippen molar-refractivity contribution in [2.75, 3.05) is 0 Å². The Morgan fingerprint density at radius 3 is 1.29 bits per heavy atom. The summed E-state index contributed by atoms with van der Waals surface area (Å²) in [6, 6.07) is 75.8. The lowest BCUT2D eigenvalue weighted by molar-refractivity contribution is 1.18. The van der Waals surface area contributed by atoms with Crippen LogP contribution in [0.25, 0.3) is 110 Å². The van der Waals surface area contributed by atoms with Crippen LogP contribution in [0, 0.1) is 0 Å².